The van der Waals surface area contributed by atoms with Crippen LogP contribution in [-0.4, -0.2) is 31.3 Å². The lowest BCUT2D eigenvalue weighted by Crippen LogP contribution is -2.11. The molecule has 1 fully saturated rings. The first-order valence-electron chi connectivity index (χ1n) is 6.81. The Balaban J connectivity index is 1.73. The van der Waals surface area contributed by atoms with Gasteiger partial charge in [-0.3, -0.25) is 5.10 Å². The molecule has 0 aliphatic heterocycles. The number of imidazole rings is 1. The van der Waals surface area contributed by atoms with E-state index >= 15 is 0 Å². The lowest BCUT2D eigenvalue weighted by molar-refractivity contribution is 0.0677. The molecule has 6 nitrogen and oxygen atoms in total. The zero-order valence-electron chi connectivity index (χ0n) is 11.3. The van der Waals surface area contributed by atoms with E-state index in [0.717, 1.165) is 17.5 Å². The van der Waals surface area contributed by atoms with Gasteiger partial charge in [0, 0.05) is 24.9 Å². The summed E-state index contributed by atoms with van der Waals surface area (Å²) in [6.45, 7) is 5.34. The topological polar surface area (TPSA) is 68.6 Å². The number of rotatable bonds is 6. The fourth-order valence-corrected chi connectivity index (χ4v) is 2.20. The van der Waals surface area contributed by atoms with Crippen molar-refractivity contribution in [2.45, 2.75) is 45.3 Å². The van der Waals surface area contributed by atoms with Crippen LogP contribution in [0, 0.1) is 0 Å². The Bertz CT molecular complexity index is 543. The Hall–Kier alpha value is -1.69. The number of H-pyrrole nitrogens is 1. The number of nitrogens with zero attached hydrogens (tertiary/aromatic N) is 4. The summed E-state index contributed by atoms with van der Waals surface area (Å²) in [6.07, 6.45) is 6.17. The van der Waals surface area contributed by atoms with Crippen molar-refractivity contribution in [3.63, 3.8) is 0 Å². The van der Waals surface area contributed by atoms with Crippen LogP contribution >= 0.6 is 0 Å². The van der Waals surface area contributed by atoms with Crippen molar-refractivity contribution in [1.29, 1.82) is 0 Å². The lowest BCUT2D eigenvalue weighted by atomic mass is 10.3. The number of hydrogen-bond donors (Lipinski definition) is 1. The molecule has 102 valence electrons. The fourth-order valence-electron chi connectivity index (χ4n) is 2.20. The van der Waals surface area contributed by atoms with E-state index in [1.807, 2.05) is 20.0 Å². The highest BCUT2D eigenvalue weighted by molar-refractivity contribution is 5.06. The SMILES string of the molecule is CCOC(C)c1nccn1Cc1nc(C2CC2)n[nH]1. The van der Waals surface area contributed by atoms with Crippen LogP contribution in [0.15, 0.2) is 12.4 Å². The first kappa shape index (κ1) is 12.3. The molecule has 0 aromatic carbocycles. The van der Waals surface area contributed by atoms with Gasteiger partial charge in [-0.1, -0.05) is 0 Å². The standard InChI is InChI=1S/C13H19N5O/c1-3-19-9(2)13-14-6-7-18(13)8-11-15-12(17-16-11)10-4-5-10/h6-7,9-10H,3-5,8H2,1-2H3,(H,15,16,17). The van der Waals surface area contributed by atoms with E-state index < -0.39 is 0 Å². The average Bonchev–Trinajstić information content (AvgIpc) is 2.97. The predicted molar refractivity (Wildman–Crippen MR) is 69.7 cm³/mol. The molecule has 6 heteroatoms. The molecule has 2 aromatic heterocycles. The molecular weight excluding hydrogens is 242 g/mol. The second-order valence-electron chi connectivity index (χ2n) is 4.93. The van der Waals surface area contributed by atoms with Crippen molar-refractivity contribution >= 4 is 0 Å². The average molecular weight is 261 g/mol. The summed E-state index contributed by atoms with van der Waals surface area (Å²) >= 11 is 0. The van der Waals surface area contributed by atoms with Gasteiger partial charge in [0.25, 0.3) is 0 Å². The summed E-state index contributed by atoms with van der Waals surface area (Å²) in [5.74, 6) is 3.33. The van der Waals surface area contributed by atoms with Gasteiger partial charge in [0.15, 0.2) is 5.82 Å². The molecular formula is C13H19N5O. The number of aromatic amines is 1. The molecule has 1 saturated carbocycles. The Morgan fingerprint density at radius 1 is 1.53 bits per heavy atom. The quantitative estimate of drug-likeness (QED) is 0.863. The van der Waals surface area contributed by atoms with Crippen LogP contribution in [0.25, 0.3) is 0 Å². The molecule has 0 spiro atoms. The Kier molecular flexibility index (Phi) is 3.33. The largest absolute Gasteiger partial charge is 0.371 e. The summed E-state index contributed by atoms with van der Waals surface area (Å²) < 4.78 is 7.64. The third-order valence-electron chi connectivity index (χ3n) is 3.34. The minimum Gasteiger partial charge on any atom is -0.371 e. The first-order valence-corrected chi connectivity index (χ1v) is 6.81. The second-order valence-corrected chi connectivity index (χ2v) is 4.93. The second kappa shape index (κ2) is 5.13. The van der Waals surface area contributed by atoms with Gasteiger partial charge in [0.05, 0.1) is 6.54 Å². The molecule has 1 unspecified atom stereocenters. The summed E-state index contributed by atoms with van der Waals surface area (Å²) in [6, 6.07) is 0. The van der Waals surface area contributed by atoms with E-state index in [0.29, 0.717) is 19.1 Å². The van der Waals surface area contributed by atoms with E-state index in [1.165, 1.54) is 12.8 Å². The minimum absolute atomic E-state index is 0.00850. The van der Waals surface area contributed by atoms with E-state index in [-0.39, 0.29) is 6.10 Å². The summed E-state index contributed by atoms with van der Waals surface area (Å²) in [5.41, 5.74) is 0. The van der Waals surface area contributed by atoms with Crippen molar-refractivity contribution in [2.75, 3.05) is 6.61 Å². The van der Waals surface area contributed by atoms with Gasteiger partial charge < -0.3 is 9.30 Å². The molecule has 1 aliphatic carbocycles. The third-order valence-corrected chi connectivity index (χ3v) is 3.34. The van der Waals surface area contributed by atoms with Gasteiger partial charge in [0.2, 0.25) is 0 Å². The summed E-state index contributed by atoms with van der Waals surface area (Å²) in [5, 5.41) is 7.28. The maximum absolute atomic E-state index is 5.59. The third kappa shape index (κ3) is 2.68. The molecule has 19 heavy (non-hydrogen) atoms. The number of nitrogens with one attached hydrogen (secondary N) is 1. The van der Waals surface area contributed by atoms with Crippen molar-refractivity contribution in [3.05, 3.63) is 29.9 Å². The van der Waals surface area contributed by atoms with Crippen LogP contribution in [0.5, 0.6) is 0 Å². The van der Waals surface area contributed by atoms with E-state index in [2.05, 4.69) is 24.7 Å². The van der Waals surface area contributed by atoms with Crippen LogP contribution in [-0.2, 0) is 11.3 Å². The molecule has 0 amide bonds. The predicted octanol–water partition coefficient (Wildman–Crippen LogP) is 2.02. The minimum atomic E-state index is -0.00850. The molecule has 1 N–H and O–H groups in total. The van der Waals surface area contributed by atoms with Crippen molar-refractivity contribution < 1.29 is 4.74 Å². The molecule has 3 rings (SSSR count). The van der Waals surface area contributed by atoms with Gasteiger partial charge in [-0.25, -0.2) is 9.97 Å². The molecule has 0 radical (unpaired) electrons. The smallest absolute Gasteiger partial charge is 0.153 e. The van der Waals surface area contributed by atoms with Gasteiger partial charge >= 0.3 is 0 Å². The highest BCUT2D eigenvalue weighted by Gasteiger charge is 2.27. The highest BCUT2D eigenvalue weighted by Crippen LogP contribution is 2.37. The lowest BCUT2D eigenvalue weighted by Gasteiger charge is -2.12. The highest BCUT2D eigenvalue weighted by atomic mass is 16.5. The summed E-state index contributed by atoms with van der Waals surface area (Å²) in [4.78, 5) is 8.90. The Morgan fingerprint density at radius 3 is 3.11 bits per heavy atom. The van der Waals surface area contributed by atoms with Gasteiger partial charge in [-0.05, 0) is 26.7 Å². The first-order chi connectivity index (χ1) is 9.28. The molecule has 1 atom stereocenters. The zero-order chi connectivity index (χ0) is 13.2. The maximum Gasteiger partial charge on any atom is 0.153 e. The van der Waals surface area contributed by atoms with Crippen LogP contribution in [0.2, 0.25) is 0 Å². The van der Waals surface area contributed by atoms with E-state index in [1.54, 1.807) is 6.20 Å². The van der Waals surface area contributed by atoms with Crippen LogP contribution < -0.4 is 0 Å². The van der Waals surface area contributed by atoms with Crippen molar-refractivity contribution in [3.8, 4) is 0 Å². The number of aromatic nitrogens is 5. The monoisotopic (exact) mass is 261 g/mol. The fraction of sp³-hybridized carbons (Fsp3) is 0.615. The number of ether oxygens (including phenoxy) is 1. The van der Waals surface area contributed by atoms with E-state index in [9.17, 15) is 0 Å². The zero-order valence-corrected chi connectivity index (χ0v) is 11.3. The number of hydrogen-bond acceptors (Lipinski definition) is 4. The molecule has 0 saturated heterocycles. The molecule has 2 heterocycles. The maximum atomic E-state index is 5.59. The van der Waals surface area contributed by atoms with Gasteiger partial charge in [0.1, 0.15) is 17.8 Å². The van der Waals surface area contributed by atoms with Crippen molar-refractivity contribution in [1.82, 2.24) is 24.7 Å². The molecule has 2 aromatic rings. The van der Waals surface area contributed by atoms with E-state index in [4.69, 9.17) is 4.74 Å². The van der Waals surface area contributed by atoms with Crippen LogP contribution in [0.3, 0.4) is 0 Å². The Morgan fingerprint density at radius 2 is 2.37 bits per heavy atom. The molecule has 0 bridgehead atoms. The normalized spacial score (nSPS) is 16.7. The Labute approximate surface area is 112 Å². The van der Waals surface area contributed by atoms with Crippen molar-refractivity contribution in [2.24, 2.45) is 0 Å². The van der Waals surface area contributed by atoms with Gasteiger partial charge in [-0.2, -0.15) is 5.10 Å². The van der Waals surface area contributed by atoms with Crippen LogP contribution in [0.1, 0.15) is 56.2 Å². The van der Waals surface area contributed by atoms with Crippen LogP contribution in [0.4, 0.5) is 0 Å². The molecule has 1 aliphatic rings. The van der Waals surface area contributed by atoms with Gasteiger partial charge in [-0.15, -0.1) is 0 Å². The summed E-state index contributed by atoms with van der Waals surface area (Å²) in [7, 11) is 0.